The maximum Gasteiger partial charge on any atom is 0.255 e. The summed E-state index contributed by atoms with van der Waals surface area (Å²) >= 11 is 0. The van der Waals surface area contributed by atoms with E-state index in [0.29, 0.717) is 24.2 Å². The van der Waals surface area contributed by atoms with Crippen LogP contribution < -0.4 is 5.32 Å². The van der Waals surface area contributed by atoms with Crippen molar-refractivity contribution < 1.29 is 4.79 Å². The fraction of sp³-hybridized carbons (Fsp3) is 0.115. The van der Waals surface area contributed by atoms with Gasteiger partial charge < -0.3 is 10.3 Å². The van der Waals surface area contributed by atoms with Gasteiger partial charge in [0.25, 0.3) is 5.91 Å². The van der Waals surface area contributed by atoms with E-state index < -0.39 is 0 Å². The zero-order chi connectivity index (χ0) is 21.9. The monoisotopic (exact) mass is 421 g/mol. The van der Waals surface area contributed by atoms with Crippen molar-refractivity contribution in [3.63, 3.8) is 0 Å². The third-order valence-corrected chi connectivity index (χ3v) is 5.36. The van der Waals surface area contributed by atoms with Gasteiger partial charge in [-0.1, -0.05) is 54.1 Å². The van der Waals surface area contributed by atoms with Gasteiger partial charge in [0, 0.05) is 24.7 Å². The molecule has 0 aliphatic carbocycles. The highest BCUT2D eigenvalue weighted by molar-refractivity contribution is 6.00. The van der Waals surface area contributed by atoms with Gasteiger partial charge in [-0.05, 0) is 37.3 Å². The van der Waals surface area contributed by atoms with Crippen LogP contribution in [-0.2, 0) is 6.42 Å². The van der Waals surface area contributed by atoms with Gasteiger partial charge in [-0.25, -0.2) is 9.67 Å². The first-order valence-corrected chi connectivity index (χ1v) is 10.6. The number of benzene rings is 3. The topological polar surface area (TPSA) is 75.6 Å². The third kappa shape index (κ3) is 4.03. The van der Waals surface area contributed by atoms with Crippen LogP contribution in [0.4, 0.5) is 0 Å². The molecule has 1 amide bonds. The molecular formula is C26H23N5O. The van der Waals surface area contributed by atoms with Gasteiger partial charge in [-0.3, -0.25) is 4.79 Å². The second-order valence-electron chi connectivity index (χ2n) is 7.75. The minimum Gasteiger partial charge on any atom is -0.351 e. The van der Waals surface area contributed by atoms with E-state index in [-0.39, 0.29) is 5.91 Å². The molecule has 2 heterocycles. The van der Waals surface area contributed by atoms with Gasteiger partial charge in [0.15, 0.2) is 0 Å². The lowest BCUT2D eigenvalue weighted by Crippen LogP contribution is -2.26. The molecule has 0 fully saturated rings. The van der Waals surface area contributed by atoms with Crippen LogP contribution in [0.5, 0.6) is 0 Å². The smallest absolute Gasteiger partial charge is 0.255 e. The summed E-state index contributed by atoms with van der Waals surface area (Å²) in [5.41, 5.74) is 6.08. The summed E-state index contributed by atoms with van der Waals surface area (Å²) in [6, 6.07) is 25.8. The van der Waals surface area contributed by atoms with Gasteiger partial charge in [-0.2, -0.15) is 5.10 Å². The average Bonchev–Trinajstić information content (AvgIpc) is 3.44. The Morgan fingerprint density at radius 2 is 1.81 bits per heavy atom. The zero-order valence-electron chi connectivity index (χ0n) is 17.7. The molecule has 0 bridgehead atoms. The number of para-hydroxylation sites is 3. The Labute approximate surface area is 185 Å². The Kier molecular flexibility index (Phi) is 5.25. The number of amides is 1. The minimum atomic E-state index is -0.153. The molecule has 0 radical (unpaired) electrons. The Morgan fingerprint density at radius 1 is 1.00 bits per heavy atom. The summed E-state index contributed by atoms with van der Waals surface area (Å²) in [7, 11) is 0. The molecule has 3 aromatic carbocycles. The molecule has 0 aliphatic rings. The quantitative estimate of drug-likeness (QED) is 0.417. The highest BCUT2D eigenvalue weighted by Gasteiger charge is 2.18. The number of fused-ring (bicyclic) bond motifs is 1. The number of nitrogens with one attached hydrogen (secondary N) is 2. The van der Waals surface area contributed by atoms with E-state index in [1.807, 2.05) is 85.8 Å². The van der Waals surface area contributed by atoms with Crippen molar-refractivity contribution in [2.24, 2.45) is 0 Å². The van der Waals surface area contributed by atoms with E-state index in [1.54, 1.807) is 10.9 Å². The lowest BCUT2D eigenvalue weighted by Gasteiger charge is -2.05. The summed E-state index contributed by atoms with van der Waals surface area (Å²) in [5.74, 6) is 0.699. The van der Waals surface area contributed by atoms with Crippen molar-refractivity contribution in [1.82, 2.24) is 25.1 Å². The van der Waals surface area contributed by atoms with Crippen LogP contribution in [0.2, 0.25) is 0 Å². The van der Waals surface area contributed by atoms with Gasteiger partial charge in [-0.15, -0.1) is 0 Å². The first kappa shape index (κ1) is 19.8. The van der Waals surface area contributed by atoms with Crippen molar-refractivity contribution in [3.05, 3.63) is 102 Å². The number of aryl methyl sites for hydroxylation is 1. The molecule has 158 valence electrons. The highest BCUT2D eigenvalue weighted by Crippen LogP contribution is 2.24. The Bertz CT molecular complexity index is 1350. The summed E-state index contributed by atoms with van der Waals surface area (Å²) in [5, 5.41) is 7.77. The normalized spacial score (nSPS) is 11.0. The number of carbonyl (C=O) groups excluding carboxylic acids is 1. The average molecular weight is 422 g/mol. The number of rotatable bonds is 6. The maximum atomic E-state index is 13.1. The molecule has 0 aliphatic heterocycles. The molecule has 5 aromatic rings. The predicted molar refractivity (Wildman–Crippen MR) is 126 cm³/mol. The Hall–Kier alpha value is -4.19. The number of H-pyrrole nitrogens is 1. The number of aromatic amines is 1. The molecular weight excluding hydrogens is 398 g/mol. The van der Waals surface area contributed by atoms with Crippen LogP contribution in [0.3, 0.4) is 0 Å². The molecule has 0 unspecified atom stereocenters. The second kappa shape index (κ2) is 8.51. The van der Waals surface area contributed by atoms with Crippen LogP contribution in [0.25, 0.3) is 28.0 Å². The molecule has 6 heteroatoms. The van der Waals surface area contributed by atoms with Crippen LogP contribution in [0.1, 0.15) is 21.7 Å². The van der Waals surface area contributed by atoms with E-state index in [0.717, 1.165) is 33.7 Å². The third-order valence-electron chi connectivity index (χ3n) is 5.36. The van der Waals surface area contributed by atoms with Crippen molar-refractivity contribution in [1.29, 1.82) is 0 Å². The molecule has 0 saturated carbocycles. The van der Waals surface area contributed by atoms with Gasteiger partial charge in [0.05, 0.1) is 22.3 Å². The number of aromatic nitrogens is 4. The molecule has 5 rings (SSSR count). The van der Waals surface area contributed by atoms with Crippen molar-refractivity contribution in [2.45, 2.75) is 13.3 Å². The maximum absolute atomic E-state index is 13.1. The van der Waals surface area contributed by atoms with Crippen LogP contribution in [0.15, 0.2) is 85.1 Å². The molecule has 0 spiro atoms. The van der Waals surface area contributed by atoms with Gasteiger partial charge >= 0.3 is 0 Å². The fourth-order valence-electron chi connectivity index (χ4n) is 3.77. The molecule has 0 saturated heterocycles. The van der Waals surface area contributed by atoms with Crippen molar-refractivity contribution >= 4 is 16.9 Å². The molecule has 6 nitrogen and oxygen atoms in total. The standard InChI is InChI=1S/C26H23N5O/c1-18-8-7-9-19(16-18)25-21(17-31(30-25)20-10-3-2-4-11-20)26(32)27-15-14-24-28-22-12-5-6-13-23(22)29-24/h2-13,16-17H,14-15H2,1H3,(H,27,32)(H,28,29). The van der Waals surface area contributed by atoms with Crippen molar-refractivity contribution in [2.75, 3.05) is 6.54 Å². The van der Waals surface area contributed by atoms with E-state index >= 15 is 0 Å². The zero-order valence-corrected chi connectivity index (χ0v) is 17.7. The first-order chi connectivity index (χ1) is 15.7. The van der Waals surface area contributed by atoms with Crippen molar-refractivity contribution in [3.8, 4) is 16.9 Å². The van der Waals surface area contributed by atoms with Crippen LogP contribution in [0, 0.1) is 6.92 Å². The molecule has 32 heavy (non-hydrogen) atoms. The molecule has 0 atom stereocenters. The predicted octanol–water partition coefficient (Wildman–Crippen LogP) is 4.70. The molecule has 2 aromatic heterocycles. The lowest BCUT2D eigenvalue weighted by molar-refractivity contribution is 0.0954. The summed E-state index contributed by atoms with van der Waals surface area (Å²) in [6.45, 7) is 2.51. The van der Waals surface area contributed by atoms with E-state index in [1.165, 1.54) is 0 Å². The van der Waals surface area contributed by atoms with E-state index in [4.69, 9.17) is 5.10 Å². The van der Waals surface area contributed by atoms with E-state index in [9.17, 15) is 4.79 Å². The number of nitrogens with zero attached hydrogens (tertiary/aromatic N) is 3. The van der Waals surface area contributed by atoms with Gasteiger partial charge in [0.1, 0.15) is 11.5 Å². The SMILES string of the molecule is Cc1cccc(-c2nn(-c3ccccc3)cc2C(=O)NCCc2nc3ccccc3[nH]2)c1. The summed E-state index contributed by atoms with van der Waals surface area (Å²) in [6.07, 6.45) is 2.41. The summed E-state index contributed by atoms with van der Waals surface area (Å²) < 4.78 is 1.76. The molecule has 2 N–H and O–H groups in total. The fourth-order valence-corrected chi connectivity index (χ4v) is 3.77. The Balaban J connectivity index is 1.39. The van der Waals surface area contributed by atoms with E-state index in [2.05, 4.69) is 15.3 Å². The van der Waals surface area contributed by atoms with Crippen LogP contribution >= 0.6 is 0 Å². The largest absolute Gasteiger partial charge is 0.351 e. The second-order valence-corrected chi connectivity index (χ2v) is 7.75. The number of imidazole rings is 1. The van der Waals surface area contributed by atoms with Crippen LogP contribution in [-0.4, -0.2) is 32.2 Å². The lowest BCUT2D eigenvalue weighted by atomic mass is 10.1. The first-order valence-electron chi connectivity index (χ1n) is 10.6. The Morgan fingerprint density at radius 3 is 2.62 bits per heavy atom. The minimum absolute atomic E-state index is 0.153. The highest BCUT2D eigenvalue weighted by atomic mass is 16.1. The number of hydrogen-bond acceptors (Lipinski definition) is 3. The summed E-state index contributed by atoms with van der Waals surface area (Å²) in [4.78, 5) is 21.0. The number of carbonyl (C=O) groups is 1. The number of hydrogen-bond donors (Lipinski definition) is 2. The van der Waals surface area contributed by atoms with Gasteiger partial charge in [0.2, 0.25) is 0 Å².